The Kier molecular flexibility index (Phi) is 6.55. The van der Waals surface area contributed by atoms with E-state index in [1.807, 2.05) is 66.7 Å². The average Bonchev–Trinajstić information content (AvgIpc) is 2.83. The topological polar surface area (TPSA) is 88.7 Å². The van der Waals surface area contributed by atoms with Crippen molar-refractivity contribution in [3.05, 3.63) is 83.9 Å². The molecule has 3 aromatic rings. The van der Waals surface area contributed by atoms with Gasteiger partial charge in [0.2, 0.25) is 5.91 Å². The van der Waals surface area contributed by atoms with Gasteiger partial charge in [-0.3, -0.25) is 4.79 Å². The van der Waals surface area contributed by atoms with E-state index in [9.17, 15) is 9.59 Å². The lowest BCUT2D eigenvalue weighted by Gasteiger charge is -2.25. The summed E-state index contributed by atoms with van der Waals surface area (Å²) in [5.41, 5.74) is 3.23. The normalized spacial score (nSPS) is 14.5. The Labute approximate surface area is 186 Å². The summed E-state index contributed by atoms with van der Waals surface area (Å²) in [4.78, 5) is 24.9. The molecule has 7 nitrogen and oxygen atoms in total. The van der Waals surface area contributed by atoms with Crippen LogP contribution in [-0.4, -0.2) is 25.7 Å². The molecular weight excluding hydrogens is 406 g/mol. The quantitative estimate of drug-likeness (QED) is 0.546. The molecule has 0 bridgehead atoms. The van der Waals surface area contributed by atoms with Crippen LogP contribution in [-0.2, 0) is 17.8 Å². The van der Waals surface area contributed by atoms with Crippen molar-refractivity contribution in [2.45, 2.75) is 13.0 Å². The Bertz CT molecular complexity index is 1080. The second-order valence-corrected chi connectivity index (χ2v) is 7.55. The summed E-state index contributed by atoms with van der Waals surface area (Å²) in [6, 6.07) is 21.9. The molecule has 3 aromatic carbocycles. The van der Waals surface area contributed by atoms with Gasteiger partial charge in [0.25, 0.3) is 0 Å². The van der Waals surface area contributed by atoms with Crippen molar-refractivity contribution in [3.63, 3.8) is 0 Å². The number of anilines is 2. The van der Waals surface area contributed by atoms with Crippen molar-refractivity contribution < 1.29 is 19.1 Å². The molecule has 0 saturated heterocycles. The molecule has 1 aliphatic heterocycles. The van der Waals surface area contributed by atoms with Gasteiger partial charge in [-0.05, 0) is 60.0 Å². The lowest BCUT2D eigenvalue weighted by molar-refractivity contribution is -0.126. The van der Waals surface area contributed by atoms with Crippen LogP contribution < -0.4 is 25.4 Å². The number of methoxy groups -OCH3 is 1. The highest BCUT2D eigenvalue weighted by molar-refractivity contribution is 5.99. The van der Waals surface area contributed by atoms with Gasteiger partial charge in [0.1, 0.15) is 18.1 Å². The van der Waals surface area contributed by atoms with Crippen LogP contribution in [0.1, 0.15) is 11.1 Å². The van der Waals surface area contributed by atoms with Gasteiger partial charge in [0, 0.05) is 17.9 Å². The van der Waals surface area contributed by atoms with Crippen LogP contribution in [0.5, 0.6) is 11.5 Å². The number of urea groups is 1. The minimum absolute atomic E-state index is 0.0633. The molecule has 1 aliphatic rings. The second-order valence-electron chi connectivity index (χ2n) is 7.55. The Morgan fingerprint density at radius 3 is 2.47 bits per heavy atom. The largest absolute Gasteiger partial charge is 0.497 e. The highest BCUT2D eigenvalue weighted by atomic mass is 16.5. The molecule has 0 radical (unpaired) electrons. The van der Waals surface area contributed by atoms with E-state index in [1.165, 1.54) is 0 Å². The Morgan fingerprint density at radius 2 is 1.72 bits per heavy atom. The van der Waals surface area contributed by atoms with Crippen molar-refractivity contribution in [3.8, 4) is 11.5 Å². The van der Waals surface area contributed by atoms with E-state index in [0.29, 0.717) is 30.9 Å². The summed E-state index contributed by atoms with van der Waals surface area (Å²) in [5.74, 6) is 1.15. The number of hydrogen-bond acceptors (Lipinski definition) is 4. The summed E-state index contributed by atoms with van der Waals surface area (Å²) < 4.78 is 10.9. The van der Waals surface area contributed by atoms with E-state index in [-0.39, 0.29) is 17.9 Å². The van der Waals surface area contributed by atoms with E-state index in [2.05, 4.69) is 16.0 Å². The number of hydrogen-bond donors (Lipinski definition) is 3. The number of carbonyl (C=O) groups excluding carboxylic acids is 2. The van der Waals surface area contributed by atoms with Crippen LogP contribution >= 0.6 is 0 Å². The molecule has 1 unspecified atom stereocenters. The number of rotatable bonds is 6. The second kappa shape index (κ2) is 9.87. The van der Waals surface area contributed by atoms with E-state index in [4.69, 9.17) is 9.47 Å². The van der Waals surface area contributed by atoms with E-state index in [0.717, 1.165) is 22.6 Å². The Hall–Kier alpha value is -4.00. The predicted molar refractivity (Wildman–Crippen MR) is 123 cm³/mol. The number of benzene rings is 3. The van der Waals surface area contributed by atoms with Crippen LogP contribution in [0.15, 0.2) is 72.8 Å². The number of para-hydroxylation sites is 1. The maximum atomic E-state index is 12.7. The molecule has 32 heavy (non-hydrogen) atoms. The number of nitrogens with one attached hydrogen (secondary N) is 3. The third-order valence-corrected chi connectivity index (χ3v) is 5.25. The first-order valence-electron chi connectivity index (χ1n) is 10.4. The lowest BCUT2D eigenvalue weighted by atomic mass is 9.95. The maximum Gasteiger partial charge on any atom is 0.323 e. The molecule has 164 valence electrons. The fourth-order valence-electron chi connectivity index (χ4n) is 3.53. The zero-order chi connectivity index (χ0) is 22.3. The molecule has 1 heterocycles. The molecule has 0 aliphatic carbocycles. The summed E-state index contributed by atoms with van der Waals surface area (Å²) in [7, 11) is 1.62. The molecule has 0 fully saturated rings. The number of ether oxygens (including phenoxy) is 2. The van der Waals surface area contributed by atoms with Crippen LogP contribution in [0.3, 0.4) is 0 Å². The van der Waals surface area contributed by atoms with Crippen LogP contribution in [0.25, 0.3) is 0 Å². The molecule has 0 saturated carbocycles. The minimum atomic E-state index is -0.332. The molecule has 1 atom stereocenters. The summed E-state index contributed by atoms with van der Waals surface area (Å²) >= 11 is 0. The Morgan fingerprint density at radius 1 is 0.969 bits per heavy atom. The zero-order valence-corrected chi connectivity index (χ0v) is 17.8. The Balaban J connectivity index is 1.33. The maximum absolute atomic E-state index is 12.7. The van der Waals surface area contributed by atoms with E-state index < -0.39 is 0 Å². The number of carbonyl (C=O) groups is 2. The van der Waals surface area contributed by atoms with Crippen molar-refractivity contribution in [1.29, 1.82) is 0 Å². The molecule has 0 spiro atoms. The SMILES string of the molecule is COc1ccc(CNC(=O)C2COc3ccc(NC(=O)Nc4ccccc4)cc3C2)cc1. The zero-order valence-electron chi connectivity index (χ0n) is 17.8. The van der Waals surface area contributed by atoms with Crippen LogP contribution in [0.2, 0.25) is 0 Å². The van der Waals surface area contributed by atoms with E-state index >= 15 is 0 Å². The van der Waals surface area contributed by atoms with Gasteiger partial charge in [0.15, 0.2) is 0 Å². The predicted octanol–water partition coefficient (Wildman–Crippen LogP) is 4.21. The van der Waals surface area contributed by atoms with Crippen molar-refractivity contribution in [2.24, 2.45) is 5.92 Å². The summed E-state index contributed by atoms with van der Waals surface area (Å²) in [6.45, 7) is 0.760. The van der Waals surface area contributed by atoms with Crippen molar-refractivity contribution >= 4 is 23.3 Å². The van der Waals surface area contributed by atoms with Crippen molar-refractivity contribution in [2.75, 3.05) is 24.4 Å². The van der Waals surface area contributed by atoms with Gasteiger partial charge in [-0.15, -0.1) is 0 Å². The summed E-state index contributed by atoms with van der Waals surface area (Å²) in [5, 5.41) is 8.58. The first-order valence-corrected chi connectivity index (χ1v) is 10.4. The van der Waals surface area contributed by atoms with Gasteiger partial charge in [-0.2, -0.15) is 0 Å². The molecule has 4 rings (SSSR count). The smallest absolute Gasteiger partial charge is 0.323 e. The highest BCUT2D eigenvalue weighted by Gasteiger charge is 2.26. The minimum Gasteiger partial charge on any atom is -0.497 e. The first-order chi connectivity index (χ1) is 15.6. The van der Waals surface area contributed by atoms with Gasteiger partial charge >= 0.3 is 6.03 Å². The molecule has 3 amide bonds. The van der Waals surface area contributed by atoms with E-state index in [1.54, 1.807) is 13.2 Å². The number of amides is 3. The third kappa shape index (κ3) is 5.37. The van der Waals surface area contributed by atoms with Crippen LogP contribution in [0.4, 0.5) is 16.2 Å². The fourth-order valence-corrected chi connectivity index (χ4v) is 3.53. The van der Waals surface area contributed by atoms with Crippen molar-refractivity contribution in [1.82, 2.24) is 5.32 Å². The monoisotopic (exact) mass is 431 g/mol. The number of fused-ring (bicyclic) bond motifs is 1. The molecule has 0 aromatic heterocycles. The first kappa shape index (κ1) is 21.2. The summed E-state index contributed by atoms with van der Waals surface area (Å²) in [6.07, 6.45) is 0.541. The van der Waals surface area contributed by atoms with Gasteiger partial charge in [-0.1, -0.05) is 30.3 Å². The lowest BCUT2D eigenvalue weighted by Crippen LogP contribution is -2.37. The highest BCUT2D eigenvalue weighted by Crippen LogP contribution is 2.30. The molecule has 7 heteroatoms. The standard InChI is InChI=1S/C25H25N3O4/c1-31-22-10-7-17(8-11-22)15-26-24(29)19-13-18-14-21(9-12-23(18)32-16-19)28-25(30)27-20-5-3-2-4-6-20/h2-12,14,19H,13,15-16H2,1H3,(H,26,29)(H2,27,28,30). The van der Waals surface area contributed by atoms with Gasteiger partial charge < -0.3 is 25.4 Å². The third-order valence-electron chi connectivity index (χ3n) is 5.25. The molecule has 3 N–H and O–H groups in total. The van der Waals surface area contributed by atoms with Crippen LogP contribution in [0, 0.1) is 5.92 Å². The fraction of sp³-hybridized carbons (Fsp3) is 0.200. The molecular formula is C25H25N3O4. The van der Waals surface area contributed by atoms with Gasteiger partial charge in [0.05, 0.1) is 13.0 Å². The van der Waals surface area contributed by atoms with Gasteiger partial charge in [-0.25, -0.2) is 4.79 Å². The average molecular weight is 431 g/mol.